The fourth-order valence-corrected chi connectivity index (χ4v) is 3.97. The number of aryl methyl sites for hydroxylation is 2. The third-order valence-corrected chi connectivity index (χ3v) is 5.68. The molecule has 1 aromatic carbocycles. The number of carbonyl (C=O) groups excluding carboxylic acids is 2. The highest BCUT2D eigenvalue weighted by molar-refractivity contribution is 7.08. The van der Waals surface area contributed by atoms with Gasteiger partial charge in [-0.2, -0.15) is 11.3 Å². The van der Waals surface area contributed by atoms with Crippen molar-refractivity contribution in [2.45, 2.75) is 33.7 Å². The lowest BCUT2D eigenvalue weighted by Gasteiger charge is -2.35. The minimum atomic E-state index is -0.561. The number of ether oxygens (including phenoxy) is 2. The largest absolute Gasteiger partial charge is 0.487 e. The Morgan fingerprint density at radius 1 is 1.21 bits per heavy atom. The van der Waals surface area contributed by atoms with Crippen LogP contribution in [0, 0.1) is 13.8 Å². The zero-order valence-electron chi connectivity index (χ0n) is 17.2. The summed E-state index contributed by atoms with van der Waals surface area (Å²) in [6, 6.07) is 6.92. The molecule has 6 nitrogen and oxygen atoms in total. The lowest BCUT2D eigenvalue weighted by Crippen LogP contribution is -2.49. The number of hydrogen-bond donors (Lipinski definition) is 1. The molecule has 3 rings (SSSR count). The molecule has 0 aliphatic carbocycles. The zero-order chi connectivity index (χ0) is 21.0. The molecule has 29 heavy (non-hydrogen) atoms. The summed E-state index contributed by atoms with van der Waals surface area (Å²) in [4.78, 5) is 27.2. The van der Waals surface area contributed by atoms with Gasteiger partial charge in [0.25, 0.3) is 0 Å². The molecular weight excluding hydrogens is 388 g/mol. The van der Waals surface area contributed by atoms with Gasteiger partial charge in [0, 0.05) is 6.54 Å². The van der Waals surface area contributed by atoms with Crippen molar-refractivity contribution in [1.82, 2.24) is 10.2 Å². The second kappa shape index (κ2) is 9.13. The van der Waals surface area contributed by atoms with Gasteiger partial charge in [0.15, 0.2) is 0 Å². The molecule has 2 amide bonds. The molecule has 0 radical (unpaired) electrons. The summed E-state index contributed by atoms with van der Waals surface area (Å²) in [6.45, 7) is 8.45. The van der Waals surface area contributed by atoms with Crippen LogP contribution in [0.4, 0.5) is 4.79 Å². The van der Waals surface area contributed by atoms with Crippen LogP contribution in [-0.4, -0.2) is 36.7 Å². The lowest BCUT2D eigenvalue weighted by atomic mass is 9.96. The van der Waals surface area contributed by atoms with Crippen LogP contribution in [0.2, 0.25) is 0 Å². The number of thiophene rings is 1. The third kappa shape index (κ3) is 4.45. The smallest absolute Gasteiger partial charge is 0.338 e. The van der Waals surface area contributed by atoms with Gasteiger partial charge in [0.1, 0.15) is 12.4 Å². The Morgan fingerprint density at radius 3 is 2.62 bits per heavy atom. The maximum absolute atomic E-state index is 12.9. The summed E-state index contributed by atoms with van der Waals surface area (Å²) in [7, 11) is 0. The van der Waals surface area contributed by atoms with E-state index in [1.807, 2.05) is 55.8 Å². The van der Waals surface area contributed by atoms with E-state index in [0.29, 0.717) is 23.6 Å². The first-order valence-electron chi connectivity index (χ1n) is 9.66. The van der Waals surface area contributed by atoms with Gasteiger partial charge in [-0.1, -0.05) is 6.07 Å². The highest BCUT2D eigenvalue weighted by Gasteiger charge is 2.38. The van der Waals surface area contributed by atoms with E-state index in [0.717, 1.165) is 11.1 Å². The number of benzene rings is 1. The quantitative estimate of drug-likeness (QED) is 0.684. The van der Waals surface area contributed by atoms with Crippen molar-refractivity contribution < 1.29 is 19.1 Å². The lowest BCUT2D eigenvalue weighted by molar-refractivity contribution is -0.139. The molecule has 2 heterocycles. The average molecular weight is 415 g/mol. The number of nitrogens with zero attached hydrogens (tertiary/aromatic N) is 1. The van der Waals surface area contributed by atoms with Crippen molar-refractivity contribution in [1.29, 1.82) is 0 Å². The first-order chi connectivity index (χ1) is 14.0. The summed E-state index contributed by atoms with van der Waals surface area (Å²) in [5, 5.41) is 6.78. The Balaban J connectivity index is 2.02. The molecule has 2 aromatic rings. The number of nitrogens with one attached hydrogen (secondary N) is 1. The Hall–Kier alpha value is -2.80. The third-order valence-electron chi connectivity index (χ3n) is 4.98. The van der Waals surface area contributed by atoms with Crippen LogP contribution >= 0.6 is 11.3 Å². The summed E-state index contributed by atoms with van der Waals surface area (Å²) in [5.41, 5.74) is 4.09. The van der Waals surface area contributed by atoms with E-state index in [4.69, 9.17) is 9.47 Å². The van der Waals surface area contributed by atoms with Crippen LogP contribution < -0.4 is 10.1 Å². The molecule has 0 unspecified atom stereocenters. The Bertz CT molecular complexity index is 921. The van der Waals surface area contributed by atoms with Gasteiger partial charge in [0.2, 0.25) is 0 Å². The molecule has 0 fully saturated rings. The number of carbonyl (C=O) groups is 2. The molecule has 0 bridgehead atoms. The number of urea groups is 1. The molecule has 1 aliphatic heterocycles. The number of hydrogen-bond acceptors (Lipinski definition) is 5. The Morgan fingerprint density at radius 2 is 2.00 bits per heavy atom. The second-order valence-electron chi connectivity index (χ2n) is 6.80. The number of rotatable bonds is 7. The van der Waals surface area contributed by atoms with Gasteiger partial charge in [-0.25, -0.2) is 9.59 Å². The number of esters is 1. The van der Waals surface area contributed by atoms with Crippen molar-refractivity contribution in [2.75, 3.05) is 19.8 Å². The van der Waals surface area contributed by atoms with E-state index < -0.39 is 12.0 Å². The van der Waals surface area contributed by atoms with E-state index in [2.05, 4.69) is 5.32 Å². The Labute approximate surface area is 175 Å². The minimum absolute atomic E-state index is 0.0958. The average Bonchev–Trinajstić information content (AvgIpc) is 3.23. The zero-order valence-corrected chi connectivity index (χ0v) is 18.0. The van der Waals surface area contributed by atoms with Crippen LogP contribution in [0.1, 0.15) is 36.6 Å². The summed E-state index contributed by atoms with van der Waals surface area (Å²) in [6.07, 6.45) is 0. The molecular formula is C22H26N2O4S. The predicted molar refractivity (Wildman–Crippen MR) is 113 cm³/mol. The van der Waals surface area contributed by atoms with E-state index in [1.54, 1.807) is 6.92 Å². The van der Waals surface area contributed by atoms with Crippen LogP contribution in [-0.2, 0) is 9.53 Å². The van der Waals surface area contributed by atoms with E-state index in [1.165, 1.54) is 21.8 Å². The summed E-state index contributed by atoms with van der Waals surface area (Å²) >= 11 is 1.51. The van der Waals surface area contributed by atoms with Crippen molar-refractivity contribution in [3.8, 4) is 5.75 Å². The van der Waals surface area contributed by atoms with Gasteiger partial charge >= 0.3 is 12.0 Å². The molecule has 0 spiro atoms. The van der Waals surface area contributed by atoms with E-state index >= 15 is 0 Å². The fraction of sp³-hybridized carbons (Fsp3) is 0.364. The van der Waals surface area contributed by atoms with Gasteiger partial charge in [-0.3, -0.25) is 4.90 Å². The minimum Gasteiger partial charge on any atom is -0.487 e. The fourth-order valence-electron chi connectivity index (χ4n) is 3.29. The molecule has 7 heteroatoms. The summed E-state index contributed by atoms with van der Waals surface area (Å²) in [5.74, 6) is 0.249. The molecule has 0 saturated heterocycles. The summed E-state index contributed by atoms with van der Waals surface area (Å²) < 4.78 is 11.3. The maximum atomic E-state index is 12.9. The van der Waals surface area contributed by atoms with Crippen molar-refractivity contribution in [3.63, 3.8) is 0 Å². The number of likely N-dealkylation sites (N-methyl/N-ethyl adjacent to an activating group) is 1. The molecule has 1 N–H and O–H groups in total. The maximum Gasteiger partial charge on any atom is 0.338 e. The highest BCUT2D eigenvalue weighted by Crippen LogP contribution is 2.33. The predicted octanol–water partition coefficient (Wildman–Crippen LogP) is 4.35. The molecule has 0 saturated carbocycles. The highest BCUT2D eigenvalue weighted by atomic mass is 32.1. The topological polar surface area (TPSA) is 67.9 Å². The van der Waals surface area contributed by atoms with Gasteiger partial charge < -0.3 is 14.8 Å². The van der Waals surface area contributed by atoms with Gasteiger partial charge in [-0.15, -0.1) is 0 Å². The molecule has 1 atom stereocenters. The van der Waals surface area contributed by atoms with E-state index in [9.17, 15) is 9.59 Å². The van der Waals surface area contributed by atoms with Crippen LogP contribution in [0.5, 0.6) is 5.75 Å². The molecule has 154 valence electrons. The van der Waals surface area contributed by atoms with Gasteiger partial charge in [0.05, 0.1) is 23.9 Å². The van der Waals surface area contributed by atoms with Crippen molar-refractivity contribution in [3.05, 3.63) is 63.0 Å². The van der Waals surface area contributed by atoms with Crippen molar-refractivity contribution >= 4 is 23.3 Å². The van der Waals surface area contributed by atoms with Gasteiger partial charge in [-0.05, 0) is 73.3 Å². The number of amides is 2. The van der Waals surface area contributed by atoms with Crippen LogP contribution in [0.15, 0.2) is 46.3 Å². The van der Waals surface area contributed by atoms with E-state index in [-0.39, 0.29) is 19.2 Å². The second-order valence-corrected chi connectivity index (χ2v) is 7.58. The van der Waals surface area contributed by atoms with Crippen LogP contribution in [0.25, 0.3) is 0 Å². The first kappa shape index (κ1) is 20.9. The Kier molecular flexibility index (Phi) is 6.59. The normalized spacial score (nSPS) is 16.6. The SMILES string of the molecule is CCOC(=O)C1=C(COc2ccc(C)c(C)c2)N(CC)C(=O)N[C@@H]1c1ccsc1. The molecule has 1 aromatic heterocycles. The van der Waals surface area contributed by atoms with Crippen molar-refractivity contribution in [2.24, 2.45) is 0 Å². The molecule has 1 aliphatic rings. The van der Waals surface area contributed by atoms with Crippen LogP contribution in [0.3, 0.4) is 0 Å². The standard InChI is InChI=1S/C22H26N2O4S/c1-5-24-18(12-28-17-8-7-14(3)15(4)11-17)19(21(25)27-6-2)20(23-22(24)26)16-9-10-29-13-16/h7-11,13,20H,5-6,12H2,1-4H3,(H,23,26)/t20-/m1/s1. The first-order valence-corrected chi connectivity index (χ1v) is 10.6. The monoisotopic (exact) mass is 414 g/mol.